The number of hydrogen-bond acceptors (Lipinski definition) is 5. The van der Waals surface area contributed by atoms with Crippen molar-refractivity contribution < 1.29 is 12.9 Å². The Labute approximate surface area is 158 Å². The number of hydrogen-bond donors (Lipinski definition) is 0. The van der Waals surface area contributed by atoms with Crippen LogP contribution >= 0.6 is 11.6 Å². The molecule has 0 N–H and O–H groups in total. The molecule has 2 heterocycles. The summed E-state index contributed by atoms with van der Waals surface area (Å²) in [5.41, 5.74) is -0.181. The number of aromatic nitrogens is 2. The van der Waals surface area contributed by atoms with E-state index >= 15 is 0 Å². The Morgan fingerprint density at radius 3 is 2.62 bits per heavy atom. The molecule has 0 atom stereocenters. The van der Waals surface area contributed by atoms with E-state index in [0.29, 0.717) is 42.8 Å². The number of sulfonamides is 1. The highest BCUT2D eigenvalue weighted by atomic mass is 35.5. The third-order valence-corrected chi connectivity index (χ3v) is 7.62. The van der Waals surface area contributed by atoms with Crippen LogP contribution < -0.4 is 0 Å². The van der Waals surface area contributed by atoms with Crippen molar-refractivity contribution in [2.45, 2.75) is 49.3 Å². The van der Waals surface area contributed by atoms with E-state index in [9.17, 15) is 8.42 Å². The highest BCUT2D eigenvalue weighted by Gasteiger charge is 2.45. The van der Waals surface area contributed by atoms with Gasteiger partial charge in [0.15, 0.2) is 5.82 Å². The number of nitrogens with zero attached hydrogens (tertiary/aromatic N) is 3. The molecule has 140 valence electrons. The van der Waals surface area contributed by atoms with Gasteiger partial charge in [-0.15, -0.1) is 0 Å². The topological polar surface area (TPSA) is 76.3 Å². The van der Waals surface area contributed by atoms with Gasteiger partial charge in [0, 0.05) is 30.5 Å². The van der Waals surface area contributed by atoms with E-state index in [1.54, 1.807) is 29.4 Å². The van der Waals surface area contributed by atoms with E-state index in [0.717, 1.165) is 12.2 Å². The van der Waals surface area contributed by atoms with E-state index in [1.807, 2.05) is 0 Å². The summed E-state index contributed by atoms with van der Waals surface area (Å²) < 4.78 is 32.7. The average molecular weight is 396 g/mol. The average Bonchev–Trinajstić information content (AvgIpc) is 3.32. The lowest BCUT2D eigenvalue weighted by atomic mass is 9.74. The van der Waals surface area contributed by atoms with Gasteiger partial charge in [-0.2, -0.15) is 9.29 Å². The minimum Gasteiger partial charge on any atom is -0.340 e. The van der Waals surface area contributed by atoms with Gasteiger partial charge in [0.05, 0.1) is 4.90 Å². The van der Waals surface area contributed by atoms with Crippen molar-refractivity contribution in [2.75, 3.05) is 13.1 Å². The number of rotatable bonds is 5. The first-order valence-corrected chi connectivity index (χ1v) is 10.8. The van der Waals surface area contributed by atoms with Gasteiger partial charge in [-0.1, -0.05) is 35.7 Å². The van der Waals surface area contributed by atoms with E-state index < -0.39 is 10.0 Å². The Hall–Kier alpha value is -1.44. The smallest absolute Gasteiger partial charge is 0.243 e. The minimum atomic E-state index is -3.54. The number of aryl methyl sites for hydroxylation is 1. The molecule has 1 aliphatic carbocycles. The van der Waals surface area contributed by atoms with Crippen molar-refractivity contribution in [3.05, 3.63) is 41.0 Å². The largest absolute Gasteiger partial charge is 0.340 e. The first-order valence-electron chi connectivity index (χ1n) is 8.96. The Morgan fingerprint density at radius 1 is 1.31 bits per heavy atom. The fraction of sp³-hybridized carbons (Fsp3) is 0.556. The van der Waals surface area contributed by atoms with Gasteiger partial charge in [-0.25, -0.2) is 8.42 Å². The summed E-state index contributed by atoms with van der Waals surface area (Å²) in [6, 6.07) is 6.44. The second kappa shape index (κ2) is 6.62. The third kappa shape index (κ3) is 3.40. The first-order chi connectivity index (χ1) is 12.4. The van der Waals surface area contributed by atoms with Gasteiger partial charge >= 0.3 is 0 Å². The number of piperidine rings is 1. The number of halogens is 1. The molecule has 0 radical (unpaired) electrons. The first kappa shape index (κ1) is 17.9. The molecule has 1 aliphatic heterocycles. The van der Waals surface area contributed by atoms with Crippen LogP contribution in [0.15, 0.2) is 33.7 Å². The zero-order valence-corrected chi connectivity index (χ0v) is 16.3. The summed E-state index contributed by atoms with van der Waals surface area (Å²) in [4.78, 5) is 4.73. The molecule has 0 bridgehead atoms. The summed E-state index contributed by atoms with van der Waals surface area (Å²) in [6.45, 7) is 2.70. The molecule has 1 aromatic carbocycles. The van der Waals surface area contributed by atoms with Crippen molar-refractivity contribution in [1.29, 1.82) is 0 Å². The Balaban J connectivity index is 1.56. The molecule has 4 rings (SSSR count). The van der Waals surface area contributed by atoms with Gasteiger partial charge in [0.2, 0.25) is 15.9 Å². The maximum atomic E-state index is 12.9. The highest BCUT2D eigenvalue weighted by molar-refractivity contribution is 7.89. The molecule has 0 unspecified atom stereocenters. The van der Waals surface area contributed by atoms with Crippen molar-refractivity contribution >= 4 is 21.6 Å². The summed E-state index contributed by atoms with van der Waals surface area (Å²) >= 11 is 5.97. The summed E-state index contributed by atoms with van der Waals surface area (Å²) in [6.07, 6.45) is 4.91. The second-order valence-electron chi connectivity index (χ2n) is 7.43. The van der Waals surface area contributed by atoms with Gasteiger partial charge in [-0.05, 0) is 43.4 Å². The third-order valence-electron chi connectivity index (χ3n) is 5.49. The van der Waals surface area contributed by atoms with Crippen LogP contribution in [0.25, 0.3) is 0 Å². The molecular weight excluding hydrogens is 374 g/mol. The monoisotopic (exact) mass is 395 g/mol. The van der Waals surface area contributed by atoms with E-state index in [1.165, 1.54) is 18.9 Å². The standard InChI is InChI=1S/C18H22ClN3O3S/c1-13-20-17(21-25-13)18(12-14-5-6-14)7-9-22(10-8-18)26(23,24)16-4-2-3-15(19)11-16/h2-4,11,14H,5-10,12H2,1H3. The SMILES string of the molecule is Cc1nc(C2(CC3CC3)CCN(S(=O)(=O)c3cccc(Cl)c3)CC2)no1. The van der Waals surface area contributed by atoms with Gasteiger partial charge < -0.3 is 4.52 Å². The van der Waals surface area contributed by atoms with Crippen LogP contribution in [0.2, 0.25) is 5.02 Å². The number of benzene rings is 1. The summed E-state index contributed by atoms with van der Waals surface area (Å²) in [5, 5.41) is 4.60. The maximum Gasteiger partial charge on any atom is 0.243 e. The Bertz CT molecular complexity index is 900. The highest BCUT2D eigenvalue weighted by Crippen LogP contribution is 2.47. The molecule has 1 saturated carbocycles. The van der Waals surface area contributed by atoms with E-state index in [4.69, 9.17) is 16.1 Å². The fourth-order valence-corrected chi connectivity index (χ4v) is 5.58. The van der Waals surface area contributed by atoms with Crippen molar-refractivity contribution in [3.63, 3.8) is 0 Å². The molecule has 8 heteroatoms. The van der Waals surface area contributed by atoms with Crippen LogP contribution in [0.4, 0.5) is 0 Å². The van der Waals surface area contributed by atoms with Crippen molar-refractivity contribution in [3.8, 4) is 0 Å². The van der Waals surface area contributed by atoms with E-state index in [2.05, 4.69) is 10.1 Å². The van der Waals surface area contributed by atoms with Gasteiger partial charge in [0.25, 0.3) is 0 Å². The summed E-state index contributed by atoms with van der Waals surface area (Å²) in [5.74, 6) is 2.00. The Kier molecular flexibility index (Phi) is 4.57. The lowest BCUT2D eigenvalue weighted by molar-refractivity contribution is 0.198. The van der Waals surface area contributed by atoms with Crippen LogP contribution in [-0.4, -0.2) is 36.0 Å². The zero-order chi connectivity index (χ0) is 18.4. The molecule has 0 amide bonds. The van der Waals surface area contributed by atoms with E-state index in [-0.39, 0.29) is 10.3 Å². The molecule has 0 spiro atoms. The van der Waals surface area contributed by atoms with Crippen molar-refractivity contribution in [2.24, 2.45) is 5.92 Å². The molecule has 26 heavy (non-hydrogen) atoms. The molecule has 6 nitrogen and oxygen atoms in total. The lowest BCUT2D eigenvalue weighted by Crippen LogP contribution is -2.46. The van der Waals surface area contributed by atoms with Crippen molar-refractivity contribution in [1.82, 2.24) is 14.4 Å². The molecule has 1 saturated heterocycles. The van der Waals surface area contributed by atoms with Crippen LogP contribution in [0, 0.1) is 12.8 Å². The predicted molar refractivity (Wildman–Crippen MR) is 97.5 cm³/mol. The maximum absolute atomic E-state index is 12.9. The normalized spacial score (nSPS) is 21.0. The second-order valence-corrected chi connectivity index (χ2v) is 9.80. The van der Waals surface area contributed by atoms with Crippen LogP contribution in [0.1, 0.15) is 43.8 Å². The molecular formula is C18H22ClN3O3S. The van der Waals surface area contributed by atoms with Gasteiger partial charge in [-0.3, -0.25) is 0 Å². The molecule has 2 aromatic rings. The molecule has 1 aromatic heterocycles. The summed E-state index contributed by atoms with van der Waals surface area (Å²) in [7, 11) is -3.54. The molecule has 2 fully saturated rings. The van der Waals surface area contributed by atoms with Crippen LogP contribution in [0.5, 0.6) is 0 Å². The molecule has 2 aliphatic rings. The Morgan fingerprint density at radius 2 is 2.04 bits per heavy atom. The predicted octanol–water partition coefficient (Wildman–Crippen LogP) is 3.55. The zero-order valence-electron chi connectivity index (χ0n) is 14.7. The van der Waals surface area contributed by atoms with Crippen LogP contribution in [-0.2, 0) is 15.4 Å². The lowest BCUT2D eigenvalue weighted by Gasteiger charge is -2.39. The van der Waals surface area contributed by atoms with Crippen LogP contribution in [0.3, 0.4) is 0 Å². The fourth-order valence-electron chi connectivity index (χ4n) is 3.84. The quantitative estimate of drug-likeness (QED) is 0.773. The van der Waals surface area contributed by atoms with Gasteiger partial charge in [0.1, 0.15) is 0 Å². The minimum absolute atomic E-state index is 0.181.